The van der Waals surface area contributed by atoms with Gasteiger partial charge < -0.3 is 79.5 Å². The lowest BCUT2D eigenvalue weighted by Gasteiger charge is -2.44. The fourth-order valence-corrected chi connectivity index (χ4v) is 9.06. The molecule has 0 spiro atoms. The zero-order valence-corrected chi connectivity index (χ0v) is 39.4. The normalized spacial score (nSPS) is 33.6. The summed E-state index contributed by atoms with van der Waals surface area (Å²) in [7, 11) is 0. The molecule has 16 nitrogen and oxygen atoms in total. The minimum atomic E-state index is -1.78. The smallest absolute Gasteiger partial charge is 0.186 e. The minimum absolute atomic E-state index is 0.224. The van der Waals surface area contributed by atoms with Gasteiger partial charge in [-0.1, -0.05) is 168 Å². The van der Waals surface area contributed by atoms with Crippen LogP contribution >= 0.6 is 0 Å². The molecule has 0 aromatic rings. The van der Waals surface area contributed by atoms with Crippen LogP contribution in [0.25, 0.3) is 0 Å². The average molecular weight is 925 g/mol. The lowest BCUT2D eigenvalue weighted by atomic mass is 9.94. The molecule has 0 amide bonds. The van der Waals surface area contributed by atoms with E-state index >= 15 is 0 Å². The summed E-state index contributed by atoms with van der Waals surface area (Å²) in [6.45, 7) is 3.10. The van der Waals surface area contributed by atoms with Gasteiger partial charge in [0, 0.05) is 0 Å². The van der Waals surface area contributed by atoms with Crippen molar-refractivity contribution in [3.05, 3.63) is 0 Å². The third kappa shape index (κ3) is 20.5. The van der Waals surface area contributed by atoms with Crippen LogP contribution in [0.3, 0.4) is 0 Å². The summed E-state index contributed by atoms with van der Waals surface area (Å²) < 4.78 is 34.4. The van der Waals surface area contributed by atoms with Crippen LogP contribution in [0, 0.1) is 5.92 Å². The van der Waals surface area contributed by atoms with Crippen LogP contribution < -0.4 is 0 Å². The van der Waals surface area contributed by atoms with Crippen molar-refractivity contribution in [3.8, 4) is 0 Å². The third-order valence-corrected chi connectivity index (χ3v) is 13.5. The molecule has 10 N–H and O–H groups in total. The molecule has 380 valence electrons. The lowest BCUT2D eigenvalue weighted by molar-refractivity contribution is -0.342. The number of hydrogen-bond acceptors (Lipinski definition) is 16. The van der Waals surface area contributed by atoms with Gasteiger partial charge in [0.2, 0.25) is 0 Å². The zero-order chi connectivity index (χ0) is 46.7. The predicted molar refractivity (Wildman–Crippen MR) is 240 cm³/mol. The van der Waals surface area contributed by atoms with E-state index in [1.807, 2.05) is 0 Å². The van der Waals surface area contributed by atoms with Crippen molar-refractivity contribution in [1.82, 2.24) is 0 Å². The molecule has 3 fully saturated rings. The molecule has 3 saturated heterocycles. The lowest BCUT2D eigenvalue weighted by Crippen LogP contribution is -2.62. The van der Waals surface area contributed by atoms with Gasteiger partial charge in [0.15, 0.2) is 18.9 Å². The van der Waals surface area contributed by atoms with Gasteiger partial charge in [-0.2, -0.15) is 0 Å². The first-order chi connectivity index (χ1) is 30.9. The Morgan fingerprint density at radius 3 is 0.953 bits per heavy atom. The fourth-order valence-electron chi connectivity index (χ4n) is 9.06. The molecular formula is C48H92O16. The minimum Gasteiger partial charge on any atom is -0.394 e. The van der Waals surface area contributed by atoms with Crippen molar-refractivity contribution in [2.24, 2.45) is 5.92 Å². The molecule has 16 heteroatoms. The number of rotatable bonds is 36. The molecule has 3 rings (SSSR count). The summed E-state index contributed by atoms with van der Waals surface area (Å²) >= 11 is 0. The summed E-state index contributed by atoms with van der Waals surface area (Å²) in [5.74, 6) is 0.224. The Kier molecular flexibility index (Phi) is 30.4. The Balaban J connectivity index is 1.48. The van der Waals surface area contributed by atoms with E-state index in [1.165, 1.54) is 128 Å². The van der Waals surface area contributed by atoms with Crippen molar-refractivity contribution in [1.29, 1.82) is 0 Å². The SMILES string of the molecule is CCCCCCCCCCCCCCC(CCCCCCCCCCCCCC)CO[C@@H]1O[C@H](CO[C@@H]2O[C@H](CO[C@@H]3O[C@H](CO)[C@H](O)[C@H](O)[C@H]3O)[C@H](O)[C@H](O)[C@H]2O)[C@H](O)[C@H](O)[C@H]1O. The first kappa shape index (κ1) is 57.7. The van der Waals surface area contributed by atoms with E-state index in [0.29, 0.717) is 6.61 Å². The van der Waals surface area contributed by atoms with Gasteiger partial charge in [-0.25, -0.2) is 0 Å². The standard InChI is InChI=1S/C48H92O16/c1-3-5-7-9-11-13-15-17-19-21-23-25-27-33(28-26-24-22-20-18-16-14-12-10-8-6-4-2)30-59-46-44(57)41(54)38(51)35(63-46)32-61-48-45(58)42(55)39(52)36(64-48)31-60-47-43(56)40(53)37(50)34(29-49)62-47/h33-58H,3-32H2,1-2H3/t34-,35-,36-,37+,38+,39+,40+,41+,42+,43-,44-,45-,46-,47-,48-/m1/s1. The van der Waals surface area contributed by atoms with Gasteiger partial charge in [-0.05, 0) is 18.8 Å². The topological polar surface area (TPSA) is 258 Å². The Labute approximate surface area is 383 Å². The van der Waals surface area contributed by atoms with Crippen molar-refractivity contribution >= 4 is 0 Å². The van der Waals surface area contributed by atoms with Crippen LogP contribution in [-0.2, 0) is 28.4 Å². The highest BCUT2D eigenvalue weighted by atomic mass is 16.7. The molecule has 64 heavy (non-hydrogen) atoms. The molecule has 0 saturated carbocycles. The second kappa shape index (κ2) is 33.8. The van der Waals surface area contributed by atoms with E-state index in [4.69, 9.17) is 28.4 Å². The van der Waals surface area contributed by atoms with E-state index < -0.39 is 112 Å². The zero-order valence-electron chi connectivity index (χ0n) is 39.4. The Hall–Kier alpha value is -0.640. The Bertz CT molecular complexity index is 1100. The maximum Gasteiger partial charge on any atom is 0.186 e. The highest BCUT2D eigenvalue weighted by Crippen LogP contribution is 2.29. The van der Waals surface area contributed by atoms with E-state index in [9.17, 15) is 51.1 Å². The fraction of sp³-hybridized carbons (Fsp3) is 1.00. The van der Waals surface area contributed by atoms with Gasteiger partial charge in [0.05, 0.1) is 26.4 Å². The molecule has 3 aliphatic rings. The maximum absolute atomic E-state index is 10.9. The van der Waals surface area contributed by atoms with Crippen LogP contribution in [0.15, 0.2) is 0 Å². The predicted octanol–water partition coefficient (Wildman–Crippen LogP) is 4.25. The molecule has 0 aromatic carbocycles. The highest BCUT2D eigenvalue weighted by Gasteiger charge is 2.49. The molecule has 0 bridgehead atoms. The summed E-state index contributed by atoms with van der Waals surface area (Å²) in [6.07, 6.45) is 9.18. The largest absolute Gasteiger partial charge is 0.394 e. The second-order valence-corrected chi connectivity index (χ2v) is 18.9. The maximum atomic E-state index is 10.9. The van der Waals surface area contributed by atoms with Crippen molar-refractivity contribution in [3.63, 3.8) is 0 Å². The quantitative estimate of drug-likeness (QED) is 0.0394. The van der Waals surface area contributed by atoms with E-state index in [2.05, 4.69) is 13.8 Å². The number of hydrogen-bond donors (Lipinski definition) is 10. The Morgan fingerprint density at radius 1 is 0.344 bits per heavy atom. The van der Waals surface area contributed by atoms with Crippen molar-refractivity contribution in [2.45, 2.75) is 273 Å². The number of aliphatic hydroxyl groups is 10. The van der Waals surface area contributed by atoms with Crippen LogP contribution in [0.1, 0.15) is 181 Å². The van der Waals surface area contributed by atoms with E-state index in [-0.39, 0.29) is 5.92 Å². The summed E-state index contributed by atoms with van der Waals surface area (Å²) in [6, 6.07) is 0. The number of ether oxygens (including phenoxy) is 6. The van der Waals surface area contributed by atoms with Gasteiger partial charge in [-0.15, -0.1) is 0 Å². The van der Waals surface area contributed by atoms with Gasteiger partial charge >= 0.3 is 0 Å². The van der Waals surface area contributed by atoms with Crippen molar-refractivity contribution in [2.75, 3.05) is 26.4 Å². The first-order valence-electron chi connectivity index (χ1n) is 25.5. The van der Waals surface area contributed by atoms with Crippen LogP contribution in [0.5, 0.6) is 0 Å². The molecule has 0 aliphatic carbocycles. The van der Waals surface area contributed by atoms with Crippen molar-refractivity contribution < 1.29 is 79.5 Å². The molecule has 0 unspecified atom stereocenters. The van der Waals surface area contributed by atoms with Gasteiger partial charge in [0.1, 0.15) is 73.2 Å². The van der Waals surface area contributed by atoms with Gasteiger partial charge in [0.25, 0.3) is 0 Å². The monoisotopic (exact) mass is 925 g/mol. The first-order valence-corrected chi connectivity index (χ1v) is 25.5. The molecule has 0 aromatic heterocycles. The van der Waals surface area contributed by atoms with E-state index in [0.717, 1.165) is 38.5 Å². The summed E-state index contributed by atoms with van der Waals surface area (Å²) in [4.78, 5) is 0. The number of aliphatic hydroxyl groups excluding tert-OH is 10. The molecule has 3 aliphatic heterocycles. The van der Waals surface area contributed by atoms with Crippen LogP contribution in [0.4, 0.5) is 0 Å². The summed E-state index contributed by atoms with van der Waals surface area (Å²) in [5, 5.41) is 104. The third-order valence-electron chi connectivity index (χ3n) is 13.5. The molecule has 0 radical (unpaired) electrons. The van der Waals surface area contributed by atoms with Crippen LogP contribution in [-0.4, -0.2) is 170 Å². The summed E-state index contributed by atoms with van der Waals surface area (Å²) in [5.41, 5.74) is 0. The Morgan fingerprint density at radius 2 is 0.625 bits per heavy atom. The van der Waals surface area contributed by atoms with Crippen LogP contribution in [0.2, 0.25) is 0 Å². The molecule has 3 heterocycles. The molecular weight excluding hydrogens is 833 g/mol. The van der Waals surface area contributed by atoms with Gasteiger partial charge in [-0.3, -0.25) is 0 Å². The number of unbranched alkanes of at least 4 members (excludes halogenated alkanes) is 22. The van der Waals surface area contributed by atoms with E-state index in [1.54, 1.807) is 0 Å². The molecule has 15 atom stereocenters. The highest BCUT2D eigenvalue weighted by molar-refractivity contribution is 4.93. The average Bonchev–Trinajstić information content (AvgIpc) is 3.29. The second-order valence-electron chi connectivity index (χ2n) is 18.9.